The zero-order valence-corrected chi connectivity index (χ0v) is 11.0. The second kappa shape index (κ2) is 5.90. The largest absolute Gasteiger partial charge is 0.475 e. The van der Waals surface area contributed by atoms with Crippen LogP contribution >= 0.6 is 0 Å². The van der Waals surface area contributed by atoms with Crippen LogP contribution in [0.1, 0.15) is 34.6 Å². The molecular weight excluding hydrogens is 198 g/mol. The lowest BCUT2D eigenvalue weighted by atomic mass is 10.2. The Morgan fingerprint density at radius 2 is 1.38 bits per heavy atom. The highest BCUT2D eigenvalue weighted by atomic mass is 16.5. The highest BCUT2D eigenvalue weighted by Gasteiger charge is 2.21. The third kappa shape index (κ3) is 3.53. The summed E-state index contributed by atoms with van der Waals surface area (Å²) in [6.45, 7) is 10.9. The van der Waals surface area contributed by atoms with Crippen molar-refractivity contribution in [1.29, 1.82) is 0 Å². The van der Waals surface area contributed by atoms with E-state index in [0.717, 1.165) is 5.75 Å². The maximum absolute atomic E-state index is 5.93. The Kier molecular flexibility index (Phi) is 4.81. The summed E-state index contributed by atoms with van der Waals surface area (Å²) in [4.78, 5) is 2.35. The van der Waals surface area contributed by atoms with Gasteiger partial charge in [0.05, 0.1) is 0 Å². The molecule has 1 atom stereocenters. The van der Waals surface area contributed by atoms with Crippen LogP contribution in [0.15, 0.2) is 30.3 Å². The molecule has 0 fully saturated rings. The van der Waals surface area contributed by atoms with Crippen LogP contribution in [0.3, 0.4) is 0 Å². The SMILES string of the molecule is CC(C)N(C(C)C)[C@H](C)Oc1ccccc1. The first-order chi connectivity index (χ1) is 7.52. The highest BCUT2D eigenvalue weighted by molar-refractivity contribution is 5.21. The molecule has 0 heterocycles. The molecule has 1 rings (SSSR count). The van der Waals surface area contributed by atoms with Crippen LogP contribution in [0.2, 0.25) is 0 Å². The lowest BCUT2D eigenvalue weighted by Gasteiger charge is -2.35. The van der Waals surface area contributed by atoms with Gasteiger partial charge in [-0.15, -0.1) is 0 Å². The monoisotopic (exact) mass is 221 g/mol. The molecule has 0 saturated carbocycles. The Balaban J connectivity index is 2.66. The molecule has 0 bridgehead atoms. The molecule has 1 aromatic carbocycles. The van der Waals surface area contributed by atoms with Crippen molar-refractivity contribution in [3.05, 3.63) is 30.3 Å². The zero-order chi connectivity index (χ0) is 12.1. The van der Waals surface area contributed by atoms with E-state index in [-0.39, 0.29) is 6.23 Å². The molecule has 0 saturated heterocycles. The average Bonchev–Trinajstić information content (AvgIpc) is 2.17. The topological polar surface area (TPSA) is 12.5 Å². The summed E-state index contributed by atoms with van der Waals surface area (Å²) >= 11 is 0. The van der Waals surface area contributed by atoms with Crippen molar-refractivity contribution < 1.29 is 4.74 Å². The van der Waals surface area contributed by atoms with Gasteiger partial charge in [-0.3, -0.25) is 4.90 Å². The van der Waals surface area contributed by atoms with Gasteiger partial charge >= 0.3 is 0 Å². The molecule has 0 aliphatic heterocycles. The van der Waals surface area contributed by atoms with E-state index in [1.807, 2.05) is 30.3 Å². The van der Waals surface area contributed by atoms with Crippen LogP contribution in [0.5, 0.6) is 5.75 Å². The Hall–Kier alpha value is -1.02. The molecule has 0 amide bonds. The minimum atomic E-state index is 0.0994. The fourth-order valence-electron chi connectivity index (χ4n) is 2.19. The molecule has 0 aliphatic carbocycles. The molecule has 2 nitrogen and oxygen atoms in total. The maximum Gasteiger partial charge on any atom is 0.150 e. The third-order valence-corrected chi connectivity index (χ3v) is 2.66. The van der Waals surface area contributed by atoms with Crippen molar-refractivity contribution in [2.45, 2.75) is 52.9 Å². The number of benzene rings is 1. The predicted octanol–water partition coefficient (Wildman–Crippen LogP) is 3.53. The molecular formula is C14H23NO. The van der Waals surface area contributed by atoms with E-state index in [1.54, 1.807) is 0 Å². The molecule has 0 unspecified atom stereocenters. The van der Waals surface area contributed by atoms with Gasteiger partial charge in [-0.1, -0.05) is 18.2 Å². The number of nitrogens with zero attached hydrogens (tertiary/aromatic N) is 1. The summed E-state index contributed by atoms with van der Waals surface area (Å²) in [6, 6.07) is 11.0. The number of ether oxygens (including phenoxy) is 1. The van der Waals surface area contributed by atoms with Crippen molar-refractivity contribution in [2.75, 3.05) is 0 Å². The minimum Gasteiger partial charge on any atom is -0.475 e. The van der Waals surface area contributed by atoms with Crippen molar-refractivity contribution in [2.24, 2.45) is 0 Å². The van der Waals surface area contributed by atoms with E-state index in [1.165, 1.54) is 0 Å². The molecule has 90 valence electrons. The van der Waals surface area contributed by atoms with Gasteiger partial charge in [0.2, 0.25) is 0 Å². The standard InChI is InChI=1S/C14H23NO/c1-11(2)15(12(3)4)13(5)16-14-9-7-6-8-10-14/h6-13H,1-5H3/t13-/m0/s1. The number of rotatable bonds is 5. The van der Waals surface area contributed by atoms with Gasteiger partial charge in [-0.05, 0) is 46.8 Å². The molecule has 0 radical (unpaired) electrons. The van der Waals surface area contributed by atoms with E-state index in [0.29, 0.717) is 12.1 Å². The summed E-state index contributed by atoms with van der Waals surface area (Å²) in [6.07, 6.45) is 0.0994. The molecule has 16 heavy (non-hydrogen) atoms. The minimum absolute atomic E-state index is 0.0994. The second-order valence-corrected chi connectivity index (χ2v) is 4.66. The van der Waals surface area contributed by atoms with Crippen molar-refractivity contribution in [1.82, 2.24) is 4.90 Å². The quantitative estimate of drug-likeness (QED) is 0.705. The van der Waals surface area contributed by atoms with Crippen LogP contribution in [0, 0.1) is 0 Å². The molecule has 0 aromatic heterocycles. The smallest absolute Gasteiger partial charge is 0.150 e. The van der Waals surface area contributed by atoms with Gasteiger partial charge in [0, 0.05) is 12.1 Å². The second-order valence-electron chi connectivity index (χ2n) is 4.66. The van der Waals surface area contributed by atoms with Gasteiger partial charge in [0.25, 0.3) is 0 Å². The van der Waals surface area contributed by atoms with E-state index in [2.05, 4.69) is 39.5 Å². The highest BCUT2D eigenvalue weighted by Crippen LogP contribution is 2.16. The zero-order valence-electron chi connectivity index (χ0n) is 11.0. The fraction of sp³-hybridized carbons (Fsp3) is 0.571. The summed E-state index contributed by atoms with van der Waals surface area (Å²) in [7, 11) is 0. The molecule has 0 N–H and O–H groups in total. The Bertz CT molecular complexity index is 287. The van der Waals surface area contributed by atoms with Crippen LogP contribution in [0.4, 0.5) is 0 Å². The van der Waals surface area contributed by atoms with Crippen molar-refractivity contribution in [3.63, 3.8) is 0 Å². The molecule has 1 aromatic rings. The van der Waals surface area contributed by atoms with Crippen molar-refractivity contribution >= 4 is 0 Å². The normalized spacial score (nSPS) is 13.5. The Morgan fingerprint density at radius 3 is 1.81 bits per heavy atom. The fourth-order valence-corrected chi connectivity index (χ4v) is 2.19. The van der Waals surface area contributed by atoms with Crippen molar-refractivity contribution in [3.8, 4) is 5.75 Å². The number of hydrogen-bond acceptors (Lipinski definition) is 2. The lowest BCUT2D eigenvalue weighted by Crippen LogP contribution is -2.46. The third-order valence-electron chi connectivity index (χ3n) is 2.66. The van der Waals surface area contributed by atoms with E-state index in [9.17, 15) is 0 Å². The molecule has 0 aliphatic rings. The Labute approximate surface area is 99.2 Å². The lowest BCUT2D eigenvalue weighted by molar-refractivity contribution is -0.00560. The van der Waals surface area contributed by atoms with Crippen LogP contribution in [-0.2, 0) is 0 Å². The first-order valence-electron chi connectivity index (χ1n) is 6.01. The van der Waals surface area contributed by atoms with Gasteiger partial charge in [-0.25, -0.2) is 0 Å². The first-order valence-corrected chi connectivity index (χ1v) is 6.01. The summed E-state index contributed by atoms with van der Waals surface area (Å²) < 4.78 is 5.93. The van der Waals surface area contributed by atoms with Crippen LogP contribution in [-0.4, -0.2) is 23.2 Å². The summed E-state index contributed by atoms with van der Waals surface area (Å²) in [5.41, 5.74) is 0. The van der Waals surface area contributed by atoms with E-state index < -0.39 is 0 Å². The van der Waals surface area contributed by atoms with Gasteiger partial charge in [0.15, 0.2) is 0 Å². The maximum atomic E-state index is 5.93. The van der Waals surface area contributed by atoms with Crippen LogP contribution in [0.25, 0.3) is 0 Å². The van der Waals surface area contributed by atoms with E-state index >= 15 is 0 Å². The van der Waals surface area contributed by atoms with Gasteiger partial charge in [-0.2, -0.15) is 0 Å². The number of hydrogen-bond donors (Lipinski definition) is 0. The predicted molar refractivity (Wildman–Crippen MR) is 68.6 cm³/mol. The van der Waals surface area contributed by atoms with Gasteiger partial charge in [0.1, 0.15) is 12.0 Å². The summed E-state index contributed by atoms with van der Waals surface area (Å²) in [5, 5.41) is 0. The van der Waals surface area contributed by atoms with Crippen LogP contribution < -0.4 is 4.74 Å². The average molecular weight is 221 g/mol. The molecule has 0 spiro atoms. The summed E-state index contributed by atoms with van der Waals surface area (Å²) in [5.74, 6) is 0.932. The van der Waals surface area contributed by atoms with E-state index in [4.69, 9.17) is 4.74 Å². The first kappa shape index (κ1) is 13.0. The molecule has 2 heteroatoms. The Morgan fingerprint density at radius 1 is 0.875 bits per heavy atom. The number of para-hydroxylation sites is 1. The van der Waals surface area contributed by atoms with Gasteiger partial charge < -0.3 is 4.74 Å².